The van der Waals surface area contributed by atoms with Gasteiger partial charge < -0.3 is 5.32 Å². The fourth-order valence-corrected chi connectivity index (χ4v) is 3.27. The molecule has 0 atom stereocenters. The van der Waals surface area contributed by atoms with E-state index in [1.54, 1.807) is 41.4 Å². The number of amides is 3. The number of carbonyl (C=O) groups is 2. The van der Waals surface area contributed by atoms with Gasteiger partial charge in [-0.05, 0) is 36.8 Å². The number of nitrogens with zero attached hydrogens (tertiary/aromatic N) is 4. The number of nitrogens with one attached hydrogen (secondary N) is 1. The fourth-order valence-electron chi connectivity index (χ4n) is 3.10. The van der Waals surface area contributed by atoms with E-state index in [9.17, 15) is 9.59 Å². The van der Waals surface area contributed by atoms with Gasteiger partial charge in [-0.2, -0.15) is 0 Å². The van der Waals surface area contributed by atoms with Gasteiger partial charge in [0, 0.05) is 29.9 Å². The molecule has 1 N–H and O–H groups in total. The van der Waals surface area contributed by atoms with E-state index in [2.05, 4.69) is 15.3 Å². The van der Waals surface area contributed by atoms with Crippen molar-refractivity contribution in [3.05, 3.63) is 53.2 Å². The maximum Gasteiger partial charge on any atom is 0.330 e. The summed E-state index contributed by atoms with van der Waals surface area (Å²) in [5, 5.41) is 3.20. The number of hydrogen-bond acceptors (Lipinski definition) is 4. The van der Waals surface area contributed by atoms with Crippen molar-refractivity contribution < 1.29 is 9.59 Å². The molecule has 2 aromatic rings. The zero-order valence-corrected chi connectivity index (χ0v) is 14.6. The van der Waals surface area contributed by atoms with Crippen LogP contribution in [0, 0.1) is 0 Å². The van der Waals surface area contributed by atoms with Gasteiger partial charge >= 0.3 is 6.03 Å². The normalized spacial score (nSPS) is 15.9. The van der Waals surface area contributed by atoms with Crippen molar-refractivity contribution in [1.82, 2.24) is 9.88 Å². The molecule has 0 saturated carbocycles. The molecule has 0 saturated heterocycles. The largest absolute Gasteiger partial charge is 0.330 e. The Hall–Kier alpha value is -2.93. The lowest BCUT2D eigenvalue weighted by atomic mass is 10.1. The predicted octanol–water partition coefficient (Wildman–Crippen LogP) is 2.77. The van der Waals surface area contributed by atoms with Crippen LogP contribution in [-0.2, 0) is 4.79 Å². The van der Waals surface area contributed by atoms with Crippen LogP contribution in [0.15, 0.2) is 47.6 Å². The number of rotatable bonds is 3. The Labute approximate surface area is 155 Å². The molecule has 26 heavy (non-hydrogen) atoms. The molecule has 0 fully saturated rings. The minimum atomic E-state index is -0.333. The molecule has 3 amide bonds. The highest BCUT2D eigenvalue weighted by Crippen LogP contribution is 2.32. The van der Waals surface area contributed by atoms with Crippen molar-refractivity contribution in [1.29, 1.82) is 0 Å². The Morgan fingerprint density at radius 2 is 2.15 bits per heavy atom. The van der Waals surface area contributed by atoms with Gasteiger partial charge in [-0.25, -0.2) is 9.78 Å². The molecule has 8 heteroatoms. The summed E-state index contributed by atoms with van der Waals surface area (Å²) in [6, 6.07) is 10.3. The lowest BCUT2D eigenvalue weighted by Crippen LogP contribution is -2.54. The van der Waals surface area contributed by atoms with Crippen molar-refractivity contribution in [3.8, 4) is 0 Å². The summed E-state index contributed by atoms with van der Waals surface area (Å²) in [6.45, 7) is 1.13. The smallest absolute Gasteiger partial charge is 0.309 e. The third-order valence-electron chi connectivity index (χ3n) is 4.24. The van der Waals surface area contributed by atoms with Crippen molar-refractivity contribution in [2.45, 2.75) is 6.42 Å². The van der Waals surface area contributed by atoms with Crippen LogP contribution in [0.5, 0.6) is 0 Å². The van der Waals surface area contributed by atoms with Gasteiger partial charge in [0.25, 0.3) is 0 Å². The number of pyridine rings is 1. The highest BCUT2D eigenvalue weighted by atomic mass is 35.5. The number of urea groups is 1. The van der Waals surface area contributed by atoms with E-state index in [0.29, 0.717) is 35.5 Å². The zero-order valence-electron chi connectivity index (χ0n) is 13.9. The van der Waals surface area contributed by atoms with E-state index >= 15 is 0 Å². The molecular formula is C18H16ClN5O2. The molecule has 0 aliphatic carbocycles. The summed E-state index contributed by atoms with van der Waals surface area (Å²) in [5.41, 5.74) is 1.40. The second kappa shape index (κ2) is 6.76. The summed E-state index contributed by atoms with van der Waals surface area (Å²) < 4.78 is 0. The molecule has 0 radical (unpaired) electrons. The molecule has 2 aliphatic rings. The van der Waals surface area contributed by atoms with Crippen LogP contribution in [0.4, 0.5) is 16.3 Å². The molecule has 0 bridgehead atoms. The first-order valence-electron chi connectivity index (χ1n) is 8.28. The second-order valence-electron chi connectivity index (χ2n) is 6.00. The summed E-state index contributed by atoms with van der Waals surface area (Å²) >= 11 is 6.13. The number of carbonyl (C=O) groups excluding carboxylic acids is 2. The molecule has 7 nitrogen and oxygen atoms in total. The number of aromatic nitrogens is 1. The molecule has 1 aromatic heterocycles. The SMILES string of the molecule is O=C(CN1C(=O)N2CCCN=C2c2ccc(Cl)cc21)Nc1ccccn1. The van der Waals surface area contributed by atoms with Crippen LogP contribution in [0.3, 0.4) is 0 Å². The van der Waals surface area contributed by atoms with Gasteiger partial charge in [0.1, 0.15) is 18.2 Å². The Morgan fingerprint density at radius 1 is 1.27 bits per heavy atom. The van der Waals surface area contributed by atoms with Gasteiger partial charge in [-0.1, -0.05) is 17.7 Å². The number of aliphatic imine (C=N–C) groups is 1. The van der Waals surface area contributed by atoms with Crippen molar-refractivity contribution in [2.24, 2.45) is 4.99 Å². The lowest BCUT2D eigenvalue weighted by Gasteiger charge is -2.39. The summed E-state index contributed by atoms with van der Waals surface area (Å²) in [4.78, 5) is 37.0. The maximum absolute atomic E-state index is 13.0. The number of amidine groups is 1. The van der Waals surface area contributed by atoms with Crippen molar-refractivity contribution in [3.63, 3.8) is 0 Å². The maximum atomic E-state index is 13.0. The standard InChI is InChI=1S/C18H16ClN5O2/c19-12-5-6-13-14(10-12)24(18(26)23-9-3-8-21-17(13)23)11-16(25)22-15-4-1-2-7-20-15/h1-2,4-7,10H,3,8-9,11H2,(H,20,22,25). The van der Waals surface area contributed by atoms with E-state index in [0.717, 1.165) is 12.0 Å². The number of fused-ring (bicyclic) bond motifs is 3. The zero-order chi connectivity index (χ0) is 18.1. The first-order valence-corrected chi connectivity index (χ1v) is 8.65. The summed E-state index contributed by atoms with van der Waals surface area (Å²) in [5.74, 6) is 0.753. The van der Waals surface area contributed by atoms with Crippen LogP contribution in [-0.4, -0.2) is 47.3 Å². The first-order chi connectivity index (χ1) is 12.6. The quantitative estimate of drug-likeness (QED) is 0.903. The molecule has 0 unspecified atom stereocenters. The monoisotopic (exact) mass is 369 g/mol. The van der Waals surface area contributed by atoms with Crippen LogP contribution in [0.1, 0.15) is 12.0 Å². The van der Waals surface area contributed by atoms with Gasteiger partial charge in [-0.3, -0.25) is 19.6 Å². The average Bonchev–Trinajstić information content (AvgIpc) is 2.66. The Balaban J connectivity index is 1.65. The predicted molar refractivity (Wildman–Crippen MR) is 99.8 cm³/mol. The third kappa shape index (κ3) is 3.01. The molecule has 132 valence electrons. The number of hydrogen-bond donors (Lipinski definition) is 1. The highest BCUT2D eigenvalue weighted by molar-refractivity contribution is 6.31. The second-order valence-corrected chi connectivity index (χ2v) is 6.44. The van der Waals surface area contributed by atoms with Crippen LogP contribution >= 0.6 is 11.6 Å². The van der Waals surface area contributed by atoms with Crippen molar-refractivity contribution in [2.75, 3.05) is 29.9 Å². The average molecular weight is 370 g/mol. The van der Waals surface area contributed by atoms with Gasteiger partial charge in [0.05, 0.1) is 5.69 Å². The Kier molecular flexibility index (Phi) is 4.30. The highest BCUT2D eigenvalue weighted by Gasteiger charge is 2.37. The molecule has 2 aliphatic heterocycles. The number of benzene rings is 1. The van der Waals surface area contributed by atoms with Crippen LogP contribution in [0.25, 0.3) is 0 Å². The topological polar surface area (TPSA) is 77.9 Å². The minimum absolute atomic E-state index is 0.132. The van der Waals surface area contributed by atoms with Gasteiger partial charge in [0.2, 0.25) is 5.91 Å². The minimum Gasteiger partial charge on any atom is -0.309 e. The lowest BCUT2D eigenvalue weighted by molar-refractivity contribution is -0.114. The van der Waals surface area contributed by atoms with Gasteiger partial charge in [-0.15, -0.1) is 0 Å². The molecule has 4 rings (SSSR count). The first kappa shape index (κ1) is 16.5. The fraction of sp³-hybridized carbons (Fsp3) is 0.222. The van der Waals surface area contributed by atoms with E-state index in [1.165, 1.54) is 4.90 Å². The third-order valence-corrected chi connectivity index (χ3v) is 4.48. The Bertz CT molecular complexity index is 900. The number of anilines is 2. The van der Waals surface area contributed by atoms with Crippen LogP contribution in [0.2, 0.25) is 5.02 Å². The molecule has 1 aromatic carbocycles. The molecule has 3 heterocycles. The van der Waals surface area contributed by atoms with Crippen molar-refractivity contribution >= 4 is 40.9 Å². The van der Waals surface area contributed by atoms with E-state index in [1.807, 2.05) is 6.07 Å². The molecular weight excluding hydrogens is 354 g/mol. The molecule has 0 spiro atoms. The van der Waals surface area contributed by atoms with Gasteiger partial charge in [0.15, 0.2) is 0 Å². The van der Waals surface area contributed by atoms with E-state index < -0.39 is 0 Å². The van der Waals surface area contributed by atoms with E-state index in [-0.39, 0.29) is 18.5 Å². The van der Waals surface area contributed by atoms with E-state index in [4.69, 9.17) is 11.6 Å². The van der Waals surface area contributed by atoms with Crippen LogP contribution < -0.4 is 10.2 Å². The summed E-state index contributed by atoms with van der Waals surface area (Å²) in [6.07, 6.45) is 2.39. The Morgan fingerprint density at radius 3 is 2.96 bits per heavy atom. The number of halogens is 1. The summed E-state index contributed by atoms with van der Waals surface area (Å²) in [7, 11) is 0.